The molecule has 1 aliphatic heterocycles. The van der Waals surface area contributed by atoms with Gasteiger partial charge in [-0.2, -0.15) is 5.10 Å². The van der Waals surface area contributed by atoms with Gasteiger partial charge >= 0.3 is 0 Å². The Morgan fingerprint density at radius 1 is 1.30 bits per heavy atom. The van der Waals surface area contributed by atoms with Crippen LogP contribution in [-0.2, 0) is 13.0 Å². The molecule has 0 aliphatic carbocycles. The highest BCUT2D eigenvalue weighted by Gasteiger charge is 2.19. The summed E-state index contributed by atoms with van der Waals surface area (Å²) in [5, 5.41) is 7.20. The molecule has 0 fully saturated rings. The number of aryl methyl sites for hydroxylation is 1. The Bertz CT molecular complexity index is 655. The van der Waals surface area contributed by atoms with E-state index in [1.54, 1.807) is 6.20 Å². The summed E-state index contributed by atoms with van der Waals surface area (Å²) in [6, 6.07) is 7.27. The highest BCUT2D eigenvalue weighted by molar-refractivity contribution is 6.05. The molecule has 1 aliphatic rings. The molecule has 1 aromatic carbocycles. The van der Waals surface area contributed by atoms with Gasteiger partial charge in [0.2, 0.25) is 0 Å². The van der Waals surface area contributed by atoms with Crippen molar-refractivity contribution in [3.63, 3.8) is 0 Å². The van der Waals surface area contributed by atoms with Crippen LogP contribution in [0.5, 0.6) is 5.75 Å². The van der Waals surface area contributed by atoms with Gasteiger partial charge in [-0.1, -0.05) is 0 Å². The number of hydrogen-bond donors (Lipinski definition) is 2. The van der Waals surface area contributed by atoms with Crippen molar-refractivity contribution in [3.8, 4) is 5.75 Å². The number of rotatable bonds is 5. The van der Waals surface area contributed by atoms with Crippen LogP contribution in [0.25, 0.3) is 0 Å². The Kier molecular flexibility index (Phi) is 6.01. The normalized spacial score (nSPS) is 12.9. The first-order valence-electron chi connectivity index (χ1n) is 7.57. The van der Waals surface area contributed by atoms with E-state index in [0.29, 0.717) is 18.7 Å². The summed E-state index contributed by atoms with van der Waals surface area (Å²) in [7, 11) is 0. The first-order chi connectivity index (χ1) is 10.8. The predicted octanol–water partition coefficient (Wildman–Crippen LogP) is 2.23. The molecule has 2 heterocycles. The summed E-state index contributed by atoms with van der Waals surface area (Å²) in [6.45, 7) is 1.86. The van der Waals surface area contributed by atoms with Crippen LogP contribution in [0.3, 0.4) is 0 Å². The van der Waals surface area contributed by atoms with E-state index in [0.717, 1.165) is 42.9 Å². The SMILES string of the molecule is Cl.NCCOc1ccc(NC(=O)c2cnn3c2CCCC3)cc1. The Morgan fingerprint density at radius 2 is 2.09 bits per heavy atom. The minimum Gasteiger partial charge on any atom is -0.492 e. The molecule has 0 spiro atoms. The minimum absolute atomic E-state index is 0. The van der Waals surface area contributed by atoms with Gasteiger partial charge in [-0.25, -0.2) is 0 Å². The monoisotopic (exact) mass is 336 g/mol. The number of nitrogens with two attached hydrogens (primary N) is 1. The summed E-state index contributed by atoms with van der Waals surface area (Å²) >= 11 is 0. The Hall–Kier alpha value is -2.05. The second-order valence-electron chi connectivity index (χ2n) is 5.30. The quantitative estimate of drug-likeness (QED) is 0.877. The van der Waals surface area contributed by atoms with Gasteiger partial charge in [0.1, 0.15) is 12.4 Å². The van der Waals surface area contributed by atoms with Gasteiger partial charge < -0.3 is 15.8 Å². The number of nitrogens with one attached hydrogen (secondary N) is 1. The van der Waals surface area contributed by atoms with Crippen LogP contribution in [0.15, 0.2) is 30.5 Å². The van der Waals surface area contributed by atoms with E-state index in [9.17, 15) is 4.79 Å². The molecule has 0 radical (unpaired) electrons. The third kappa shape index (κ3) is 4.03. The maximum Gasteiger partial charge on any atom is 0.259 e. The molecule has 3 rings (SSSR count). The first kappa shape index (κ1) is 17.3. The topological polar surface area (TPSA) is 82.2 Å². The number of anilines is 1. The van der Waals surface area contributed by atoms with E-state index >= 15 is 0 Å². The number of nitrogens with zero attached hydrogens (tertiary/aromatic N) is 2. The lowest BCUT2D eigenvalue weighted by Crippen LogP contribution is -2.17. The van der Waals surface area contributed by atoms with Crippen LogP contribution in [0, 0.1) is 0 Å². The van der Waals surface area contributed by atoms with E-state index in [-0.39, 0.29) is 18.3 Å². The number of carbonyl (C=O) groups is 1. The third-order valence-electron chi connectivity index (χ3n) is 3.73. The highest BCUT2D eigenvalue weighted by atomic mass is 35.5. The Morgan fingerprint density at radius 3 is 2.83 bits per heavy atom. The third-order valence-corrected chi connectivity index (χ3v) is 3.73. The van der Waals surface area contributed by atoms with Crippen LogP contribution in [-0.4, -0.2) is 28.8 Å². The zero-order valence-electron chi connectivity index (χ0n) is 12.8. The summed E-state index contributed by atoms with van der Waals surface area (Å²) in [5.74, 6) is 0.630. The number of fused-ring (bicyclic) bond motifs is 1. The van der Waals surface area contributed by atoms with Crippen molar-refractivity contribution in [2.45, 2.75) is 25.8 Å². The molecule has 7 heteroatoms. The van der Waals surface area contributed by atoms with Gasteiger partial charge in [0.15, 0.2) is 0 Å². The van der Waals surface area contributed by atoms with Crippen molar-refractivity contribution in [1.29, 1.82) is 0 Å². The molecule has 0 saturated heterocycles. The highest BCUT2D eigenvalue weighted by Crippen LogP contribution is 2.20. The molecule has 6 nitrogen and oxygen atoms in total. The van der Waals surface area contributed by atoms with E-state index in [1.165, 1.54) is 0 Å². The smallest absolute Gasteiger partial charge is 0.259 e. The fraction of sp³-hybridized carbons (Fsp3) is 0.375. The van der Waals surface area contributed by atoms with Gasteiger partial charge in [0.05, 0.1) is 17.5 Å². The second-order valence-corrected chi connectivity index (χ2v) is 5.30. The average Bonchev–Trinajstić information content (AvgIpc) is 2.98. The van der Waals surface area contributed by atoms with Crippen molar-refractivity contribution in [2.75, 3.05) is 18.5 Å². The lowest BCUT2D eigenvalue weighted by molar-refractivity contribution is 0.102. The van der Waals surface area contributed by atoms with E-state index in [1.807, 2.05) is 28.9 Å². The minimum atomic E-state index is -0.112. The Labute approximate surface area is 141 Å². The number of benzene rings is 1. The van der Waals surface area contributed by atoms with Crippen LogP contribution < -0.4 is 15.8 Å². The predicted molar refractivity (Wildman–Crippen MR) is 91.4 cm³/mol. The number of carbonyl (C=O) groups excluding carboxylic acids is 1. The zero-order valence-corrected chi connectivity index (χ0v) is 13.6. The number of amides is 1. The van der Waals surface area contributed by atoms with Crippen LogP contribution >= 0.6 is 12.4 Å². The fourth-order valence-corrected chi connectivity index (χ4v) is 2.62. The lowest BCUT2D eigenvalue weighted by atomic mass is 10.1. The molecule has 124 valence electrons. The molecule has 3 N–H and O–H groups in total. The van der Waals surface area contributed by atoms with Gasteiger partial charge in [0, 0.05) is 18.8 Å². The summed E-state index contributed by atoms with van der Waals surface area (Å²) < 4.78 is 7.34. The van der Waals surface area contributed by atoms with Gasteiger partial charge in [0.25, 0.3) is 5.91 Å². The molecule has 0 bridgehead atoms. The summed E-state index contributed by atoms with van der Waals surface area (Å²) in [4.78, 5) is 12.4. The summed E-state index contributed by atoms with van der Waals surface area (Å²) in [5.41, 5.74) is 7.83. The van der Waals surface area contributed by atoms with Crippen LogP contribution in [0.1, 0.15) is 28.9 Å². The Balaban J connectivity index is 0.00000192. The van der Waals surface area contributed by atoms with Crippen molar-refractivity contribution in [3.05, 3.63) is 41.7 Å². The van der Waals surface area contributed by atoms with Gasteiger partial charge in [-0.15, -0.1) is 12.4 Å². The second kappa shape index (κ2) is 7.99. The lowest BCUT2D eigenvalue weighted by Gasteiger charge is -2.14. The number of ether oxygens (including phenoxy) is 1. The van der Waals surface area contributed by atoms with Gasteiger partial charge in [-0.3, -0.25) is 9.48 Å². The van der Waals surface area contributed by atoms with Gasteiger partial charge in [-0.05, 0) is 43.5 Å². The summed E-state index contributed by atoms with van der Waals surface area (Å²) in [6.07, 6.45) is 4.81. The van der Waals surface area contributed by atoms with Crippen molar-refractivity contribution >= 4 is 24.0 Å². The van der Waals surface area contributed by atoms with Crippen molar-refractivity contribution in [2.24, 2.45) is 5.73 Å². The molecular formula is C16H21ClN4O2. The van der Waals surface area contributed by atoms with E-state index in [4.69, 9.17) is 10.5 Å². The molecule has 23 heavy (non-hydrogen) atoms. The van der Waals surface area contributed by atoms with Crippen molar-refractivity contribution < 1.29 is 9.53 Å². The standard InChI is InChI=1S/C16H20N4O2.ClH/c17-8-10-22-13-6-4-12(5-7-13)19-16(21)14-11-18-20-9-2-1-3-15(14)20;/h4-7,11H,1-3,8-10,17H2,(H,19,21);1H. The zero-order chi connectivity index (χ0) is 15.4. The number of halogens is 1. The molecule has 0 saturated carbocycles. The molecule has 1 aromatic heterocycles. The largest absolute Gasteiger partial charge is 0.492 e. The molecular weight excluding hydrogens is 316 g/mol. The van der Waals surface area contributed by atoms with Crippen molar-refractivity contribution in [1.82, 2.24) is 9.78 Å². The van der Waals surface area contributed by atoms with E-state index < -0.39 is 0 Å². The van der Waals surface area contributed by atoms with Crippen LogP contribution in [0.4, 0.5) is 5.69 Å². The number of aromatic nitrogens is 2. The first-order valence-corrected chi connectivity index (χ1v) is 7.57. The molecule has 1 amide bonds. The number of hydrogen-bond acceptors (Lipinski definition) is 4. The average molecular weight is 337 g/mol. The molecule has 0 unspecified atom stereocenters. The molecule has 0 atom stereocenters. The fourth-order valence-electron chi connectivity index (χ4n) is 2.62. The maximum absolute atomic E-state index is 12.4. The molecule has 2 aromatic rings. The van der Waals surface area contributed by atoms with Crippen LogP contribution in [0.2, 0.25) is 0 Å². The maximum atomic E-state index is 12.4. The van der Waals surface area contributed by atoms with E-state index in [2.05, 4.69) is 10.4 Å².